The van der Waals surface area contributed by atoms with Gasteiger partial charge in [0.15, 0.2) is 0 Å². The monoisotopic (exact) mass is 393 g/mol. The lowest BCUT2D eigenvalue weighted by atomic mass is 10.1. The van der Waals surface area contributed by atoms with Crippen molar-refractivity contribution in [3.05, 3.63) is 69.8 Å². The van der Waals surface area contributed by atoms with Crippen molar-refractivity contribution in [2.24, 2.45) is 0 Å². The molecule has 0 atom stereocenters. The van der Waals surface area contributed by atoms with Crippen molar-refractivity contribution in [2.75, 3.05) is 7.05 Å². The van der Waals surface area contributed by atoms with E-state index in [4.69, 9.17) is 27.7 Å². The maximum absolute atomic E-state index is 13.8. The van der Waals surface area contributed by atoms with Crippen molar-refractivity contribution in [2.45, 2.75) is 13.0 Å². The lowest BCUT2D eigenvalue weighted by molar-refractivity contribution is -0.130. The summed E-state index contributed by atoms with van der Waals surface area (Å²) in [6, 6.07) is 11.3. The second kappa shape index (κ2) is 7.85. The molecule has 0 unspecified atom stereocenters. The first kappa shape index (κ1) is 18.4. The highest BCUT2D eigenvalue weighted by atomic mass is 35.5. The molecule has 0 saturated heterocycles. The van der Waals surface area contributed by atoms with Crippen molar-refractivity contribution in [3.63, 3.8) is 0 Å². The lowest BCUT2D eigenvalue weighted by Gasteiger charge is -2.15. The summed E-state index contributed by atoms with van der Waals surface area (Å²) in [5, 5.41) is 4.67. The van der Waals surface area contributed by atoms with E-state index in [9.17, 15) is 9.18 Å². The van der Waals surface area contributed by atoms with Crippen LogP contribution in [0.15, 0.2) is 47.0 Å². The summed E-state index contributed by atoms with van der Waals surface area (Å²) >= 11 is 11.8. The Kier molecular flexibility index (Phi) is 5.54. The number of carbonyl (C=O) groups is 1. The fraction of sp³-hybridized carbons (Fsp3) is 0.167. The summed E-state index contributed by atoms with van der Waals surface area (Å²) in [5.74, 6) is -0.204. The molecule has 134 valence electrons. The second-order valence-corrected chi connectivity index (χ2v) is 6.50. The Bertz CT molecular complexity index is 946. The molecule has 0 saturated carbocycles. The highest BCUT2D eigenvalue weighted by Gasteiger charge is 2.17. The van der Waals surface area contributed by atoms with E-state index in [1.54, 1.807) is 31.3 Å². The Morgan fingerprint density at radius 3 is 2.73 bits per heavy atom. The maximum Gasteiger partial charge on any atom is 0.246 e. The third-order valence-corrected chi connectivity index (χ3v) is 4.30. The smallest absolute Gasteiger partial charge is 0.246 e. The van der Waals surface area contributed by atoms with Gasteiger partial charge in [-0.15, -0.1) is 0 Å². The highest BCUT2D eigenvalue weighted by Crippen LogP contribution is 2.25. The third kappa shape index (κ3) is 4.20. The van der Waals surface area contributed by atoms with Gasteiger partial charge in [0.1, 0.15) is 5.82 Å². The van der Waals surface area contributed by atoms with Crippen LogP contribution in [0.2, 0.25) is 10.0 Å². The Balaban J connectivity index is 1.67. The molecule has 3 rings (SSSR count). The van der Waals surface area contributed by atoms with E-state index in [-0.39, 0.29) is 35.3 Å². The van der Waals surface area contributed by atoms with Crippen molar-refractivity contribution >= 4 is 29.1 Å². The first-order chi connectivity index (χ1) is 12.4. The van der Waals surface area contributed by atoms with Gasteiger partial charge in [0.2, 0.25) is 17.6 Å². The predicted molar refractivity (Wildman–Crippen MR) is 96.3 cm³/mol. The van der Waals surface area contributed by atoms with Crippen LogP contribution in [0.25, 0.3) is 11.4 Å². The van der Waals surface area contributed by atoms with E-state index in [2.05, 4.69) is 10.1 Å². The minimum atomic E-state index is -0.516. The Morgan fingerprint density at radius 2 is 2.00 bits per heavy atom. The summed E-state index contributed by atoms with van der Waals surface area (Å²) in [5.41, 5.74) is 0.912. The molecule has 1 aromatic heterocycles. The zero-order chi connectivity index (χ0) is 18.7. The maximum atomic E-state index is 13.8. The van der Waals surface area contributed by atoms with Crippen LogP contribution in [0.1, 0.15) is 11.5 Å². The minimum absolute atomic E-state index is 0.0923. The summed E-state index contributed by atoms with van der Waals surface area (Å²) in [4.78, 5) is 17.9. The van der Waals surface area contributed by atoms with Crippen LogP contribution in [0.5, 0.6) is 0 Å². The van der Waals surface area contributed by atoms with Crippen molar-refractivity contribution < 1.29 is 13.7 Å². The molecule has 1 amide bonds. The molecular weight excluding hydrogens is 380 g/mol. The predicted octanol–water partition coefficient (Wildman–Crippen LogP) is 4.38. The molecule has 0 radical (unpaired) electrons. The molecule has 0 fully saturated rings. The van der Waals surface area contributed by atoms with E-state index < -0.39 is 5.82 Å². The Hall–Kier alpha value is -2.44. The summed E-state index contributed by atoms with van der Waals surface area (Å²) in [6.45, 7) is 0.103. The van der Waals surface area contributed by atoms with Crippen LogP contribution < -0.4 is 0 Å². The van der Waals surface area contributed by atoms with Gasteiger partial charge in [-0.05, 0) is 29.8 Å². The molecule has 5 nitrogen and oxygen atoms in total. The first-order valence-corrected chi connectivity index (χ1v) is 8.45. The van der Waals surface area contributed by atoms with Crippen molar-refractivity contribution in [1.29, 1.82) is 0 Å². The van der Waals surface area contributed by atoms with Gasteiger partial charge in [-0.1, -0.05) is 46.6 Å². The molecule has 1 heterocycles. The molecule has 0 spiro atoms. The number of benzene rings is 2. The summed E-state index contributed by atoms with van der Waals surface area (Å²) in [7, 11) is 1.58. The van der Waals surface area contributed by atoms with Crippen LogP contribution in [-0.2, 0) is 17.8 Å². The first-order valence-electron chi connectivity index (χ1n) is 7.69. The number of amides is 1. The largest absolute Gasteiger partial charge is 0.337 e. The molecule has 0 N–H and O–H groups in total. The number of halogens is 3. The van der Waals surface area contributed by atoms with Gasteiger partial charge in [-0.3, -0.25) is 4.79 Å². The van der Waals surface area contributed by atoms with Crippen LogP contribution in [0.4, 0.5) is 4.39 Å². The number of hydrogen-bond donors (Lipinski definition) is 0. The van der Waals surface area contributed by atoms with E-state index >= 15 is 0 Å². The molecule has 0 aliphatic heterocycles. The lowest BCUT2D eigenvalue weighted by Crippen LogP contribution is -2.28. The van der Waals surface area contributed by atoms with Gasteiger partial charge in [0.25, 0.3) is 0 Å². The minimum Gasteiger partial charge on any atom is -0.337 e. The SMILES string of the molecule is CN(Cc1nc(-c2ccccc2Cl)no1)C(=O)Cc1ccc(Cl)cc1F. The third-order valence-electron chi connectivity index (χ3n) is 3.74. The number of carbonyl (C=O) groups excluding carboxylic acids is 1. The fourth-order valence-electron chi connectivity index (χ4n) is 2.33. The fourth-order valence-corrected chi connectivity index (χ4v) is 2.70. The zero-order valence-corrected chi connectivity index (χ0v) is 15.3. The van der Waals surface area contributed by atoms with Gasteiger partial charge >= 0.3 is 0 Å². The van der Waals surface area contributed by atoms with Crippen LogP contribution in [-0.4, -0.2) is 28.0 Å². The molecule has 3 aromatic rings. The van der Waals surface area contributed by atoms with E-state index in [1.165, 1.54) is 17.0 Å². The van der Waals surface area contributed by atoms with Gasteiger partial charge in [-0.2, -0.15) is 4.98 Å². The highest BCUT2D eigenvalue weighted by molar-refractivity contribution is 6.33. The van der Waals surface area contributed by atoms with Gasteiger partial charge in [0.05, 0.1) is 18.0 Å². The molecule has 0 bridgehead atoms. The van der Waals surface area contributed by atoms with Gasteiger partial charge < -0.3 is 9.42 Å². The number of nitrogens with zero attached hydrogens (tertiary/aromatic N) is 3. The molecule has 0 aliphatic rings. The Labute approximate surface area is 159 Å². The summed E-state index contributed by atoms with van der Waals surface area (Å²) in [6.07, 6.45) is -0.0923. The molecular formula is C18H14Cl2FN3O2. The molecule has 8 heteroatoms. The summed E-state index contributed by atoms with van der Waals surface area (Å²) < 4.78 is 19.0. The van der Waals surface area contributed by atoms with Gasteiger partial charge in [-0.25, -0.2) is 4.39 Å². The van der Waals surface area contributed by atoms with Crippen LogP contribution >= 0.6 is 23.2 Å². The molecule has 2 aromatic carbocycles. The molecule has 26 heavy (non-hydrogen) atoms. The zero-order valence-electron chi connectivity index (χ0n) is 13.7. The van der Waals surface area contributed by atoms with Gasteiger partial charge in [0, 0.05) is 17.6 Å². The number of aromatic nitrogens is 2. The Morgan fingerprint density at radius 1 is 1.23 bits per heavy atom. The van der Waals surface area contributed by atoms with Crippen LogP contribution in [0.3, 0.4) is 0 Å². The number of hydrogen-bond acceptors (Lipinski definition) is 4. The van der Waals surface area contributed by atoms with Crippen molar-refractivity contribution in [1.82, 2.24) is 15.0 Å². The number of likely N-dealkylation sites (N-methyl/N-ethyl adjacent to an activating group) is 1. The number of rotatable bonds is 5. The average Bonchev–Trinajstić information content (AvgIpc) is 3.06. The normalized spacial score (nSPS) is 10.8. The van der Waals surface area contributed by atoms with E-state index in [0.29, 0.717) is 16.4 Å². The van der Waals surface area contributed by atoms with E-state index in [0.717, 1.165) is 0 Å². The van der Waals surface area contributed by atoms with Crippen molar-refractivity contribution in [3.8, 4) is 11.4 Å². The van der Waals surface area contributed by atoms with Crippen LogP contribution in [0, 0.1) is 5.82 Å². The quantitative estimate of drug-likeness (QED) is 0.644. The topological polar surface area (TPSA) is 59.2 Å². The standard InChI is InChI=1S/C18H14Cl2FN3O2/c1-24(17(25)8-11-6-7-12(19)9-15(11)21)10-16-22-18(23-26-16)13-4-2-3-5-14(13)20/h2-7,9H,8,10H2,1H3. The van der Waals surface area contributed by atoms with E-state index in [1.807, 2.05) is 6.07 Å². The second-order valence-electron chi connectivity index (χ2n) is 5.65. The average molecular weight is 394 g/mol. The molecule has 0 aliphatic carbocycles.